The highest BCUT2D eigenvalue weighted by atomic mass is 16.7. The molecule has 0 bridgehead atoms. The highest BCUT2D eigenvalue weighted by Crippen LogP contribution is 2.02. The maximum absolute atomic E-state index is 10.4. The number of nitro groups is 1. The average Bonchev–Trinajstić information content (AvgIpc) is 2.26. The molecule has 0 atom stereocenters. The van der Waals surface area contributed by atoms with Crippen LogP contribution < -0.4 is 5.73 Å². The summed E-state index contributed by atoms with van der Waals surface area (Å²) in [6.45, 7) is -0.0273. The van der Waals surface area contributed by atoms with Crippen LogP contribution in [0.4, 0.5) is 0 Å². The fraction of sp³-hybridized carbons (Fsp3) is 0.143. The van der Waals surface area contributed by atoms with Crippen LogP contribution in [0, 0.1) is 15.0 Å². The number of nitroso groups, excluding NO2 is 1. The Morgan fingerprint density at radius 3 is 2.94 bits per heavy atom. The van der Waals surface area contributed by atoms with Crippen LogP contribution in [0.25, 0.3) is 0 Å². The lowest BCUT2D eigenvalue weighted by atomic mass is 10.3. The Labute approximate surface area is 89.7 Å². The highest BCUT2D eigenvalue weighted by molar-refractivity contribution is 5.76. The first kappa shape index (κ1) is 11.5. The zero-order valence-corrected chi connectivity index (χ0v) is 8.05. The lowest BCUT2D eigenvalue weighted by Crippen LogP contribution is -2.33. The lowest BCUT2D eigenvalue weighted by molar-refractivity contribution is -0.485. The summed E-state index contributed by atoms with van der Waals surface area (Å²) in [7, 11) is 0. The van der Waals surface area contributed by atoms with Gasteiger partial charge < -0.3 is 5.73 Å². The van der Waals surface area contributed by atoms with Gasteiger partial charge in [0.05, 0.1) is 11.8 Å². The summed E-state index contributed by atoms with van der Waals surface area (Å²) in [5.74, 6) is -0.580. The molecule has 0 unspecified atom stereocenters. The van der Waals surface area contributed by atoms with Crippen LogP contribution in [-0.4, -0.2) is 21.0 Å². The summed E-state index contributed by atoms with van der Waals surface area (Å²) < 4.78 is 0. The summed E-state index contributed by atoms with van der Waals surface area (Å²) in [6, 6.07) is 3.32. The molecule has 0 aliphatic carbocycles. The van der Waals surface area contributed by atoms with E-state index in [4.69, 9.17) is 5.73 Å². The second-order valence-corrected chi connectivity index (χ2v) is 2.70. The van der Waals surface area contributed by atoms with Gasteiger partial charge in [-0.3, -0.25) is 4.98 Å². The zero-order valence-electron chi connectivity index (χ0n) is 8.05. The number of hydrogen-bond donors (Lipinski definition) is 1. The van der Waals surface area contributed by atoms with Gasteiger partial charge in [0.2, 0.25) is 0 Å². The molecule has 0 amide bonds. The van der Waals surface area contributed by atoms with Crippen LogP contribution in [0.2, 0.25) is 0 Å². The van der Waals surface area contributed by atoms with Crippen LogP contribution >= 0.6 is 0 Å². The van der Waals surface area contributed by atoms with Gasteiger partial charge in [-0.15, -0.1) is 4.91 Å². The van der Waals surface area contributed by atoms with Crippen LogP contribution in [0.15, 0.2) is 34.9 Å². The normalized spacial score (nSPS) is 10.9. The van der Waals surface area contributed by atoms with E-state index in [0.717, 1.165) is 0 Å². The van der Waals surface area contributed by atoms with Crippen LogP contribution in [0.5, 0.6) is 0 Å². The maximum atomic E-state index is 10.4. The Morgan fingerprint density at radius 2 is 2.44 bits per heavy atom. The number of guanidine groups is 1. The third kappa shape index (κ3) is 3.29. The quantitative estimate of drug-likeness (QED) is 0.253. The van der Waals surface area contributed by atoms with E-state index < -0.39 is 11.0 Å². The molecule has 16 heavy (non-hydrogen) atoms. The van der Waals surface area contributed by atoms with Gasteiger partial charge in [-0.1, -0.05) is 6.07 Å². The Hall–Kier alpha value is -2.58. The summed E-state index contributed by atoms with van der Waals surface area (Å²) >= 11 is 0. The summed E-state index contributed by atoms with van der Waals surface area (Å²) in [5.41, 5.74) is 5.83. The van der Waals surface area contributed by atoms with Gasteiger partial charge in [-0.2, -0.15) is 5.01 Å². The van der Waals surface area contributed by atoms with Crippen molar-refractivity contribution in [2.75, 3.05) is 0 Å². The zero-order chi connectivity index (χ0) is 12.0. The van der Waals surface area contributed by atoms with Crippen molar-refractivity contribution in [3.8, 4) is 0 Å². The van der Waals surface area contributed by atoms with Crippen molar-refractivity contribution in [1.82, 2.24) is 9.99 Å². The fourth-order valence-corrected chi connectivity index (χ4v) is 0.952. The minimum atomic E-state index is -1.00. The first-order chi connectivity index (χ1) is 7.63. The van der Waals surface area contributed by atoms with Crippen molar-refractivity contribution in [2.45, 2.75) is 6.54 Å². The van der Waals surface area contributed by atoms with Gasteiger partial charge in [0, 0.05) is 12.4 Å². The van der Waals surface area contributed by atoms with E-state index in [-0.39, 0.29) is 6.54 Å². The maximum Gasteiger partial charge on any atom is 0.292 e. The van der Waals surface area contributed by atoms with Crippen molar-refractivity contribution < 1.29 is 5.03 Å². The number of nitrogens with two attached hydrogens (primary N) is 1. The molecule has 9 heteroatoms. The molecule has 0 saturated heterocycles. The summed E-state index contributed by atoms with van der Waals surface area (Å²) in [5, 5.41) is 15.0. The molecule has 0 aromatic carbocycles. The molecule has 0 saturated carbocycles. The molecular formula is C7H8N6O3. The molecule has 84 valence electrons. The summed E-state index contributed by atoms with van der Waals surface area (Å²) in [6.07, 6.45) is 3.04. The molecule has 0 aliphatic rings. The first-order valence-electron chi connectivity index (χ1n) is 4.11. The molecular weight excluding hydrogens is 216 g/mol. The standard InChI is InChI=1S/C7H8N6O3/c8-7(10-13(15)16)12(11-14)5-6-2-1-3-9-4-6/h1-4H,5H2,(H2,8,10). The van der Waals surface area contributed by atoms with Crippen molar-refractivity contribution in [2.24, 2.45) is 16.1 Å². The molecule has 1 aromatic heterocycles. The van der Waals surface area contributed by atoms with E-state index in [1.54, 1.807) is 18.3 Å². The monoisotopic (exact) mass is 224 g/mol. The third-order valence-electron chi connectivity index (χ3n) is 1.60. The van der Waals surface area contributed by atoms with Gasteiger partial charge in [0.15, 0.2) is 5.03 Å². The predicted octanol–water partition coefficient (Wildman–Crippen LogP) is 0.0714. The van der Waals surface area contributed by atoms with Crippen LogP contribution in [-0.2, 0) is 6.54 Å². The van der Waals surface area contributed by atoms with Gasteiger partial charge in [0.25, 0.3) is 5.96 Å². The Balaban J connectivity index is 2.77. The molecule has 0 spiro atoms. The number of nitrogens with zero attached hydrogens (tertiary/aromatic N) is 5. The number of aromatic nitrogens is 1. The van der Waals surface area contributed by atoms with Gasteiger partial charge in [0.1, 0.15) is 5.10 Å². The van der Waals surface area contributed by atoms with Gasteiger partial charge in [-0.25, -0.2) is 10.1 Å². The minimum Gasteiger partial charge on any atom is -0.363 e. The van der Waals surface area contributed by atoms with Gasteiger partial charge >= 0.3 is 0 Å². The van der Waals surface area contributed by atoms with Crippen molar-refractivity contribution in [3.05, 3.63) is 45.1 Å². The average molecular weight is 224 g/mol. The Bertz CT molecular complexity index is 406. The van der Waals surface area contributed by atoms with Crippen molar-refractivity contribution >= 4 is 5.96 Å². The number of hydrazone groups is 1. The van der Waals surface area contributed by atoms with Crippen LogP contribution in [0.3, 0.4) is 0 Å². The van der Waals surface area contributed by atoms with Gasteiger partial charge in [-0.05, 0) is 11.6 Å². The lowest BCUT2D eigenvalue weighted by Gasteiger charge is -2.10. The van der Waals surface area contributed by atoms with Crippen LogP contribution in [0.1, 0.15) is 5.56 Å². The van der Waals surface area contributed by atoms with E-state index in [0.29, 0.717) is 10.6 Å². The van der Waals surface area contributed by atoms with E-state index in [1.807, 2.05) is 0 Å². The Morgan fingerprint density at radius 1 is 1.69 bits per heavy atom. The first-order valence-corrected chi connectivity index (χ1v) is 4.11. The molecule has 0 fully saturated rings. The van der Waals surface area contributed by atoms with E-state index in [9.17, 15) is 15.0 Å². The Kier molecular flexibility index (Phi) is 3.83. The second kappa shape index (κ2) is 5.34. The number of hydrogen-bond acceptors (Lipinski definition) is 5. The largest absolute Gasteiger partial charge is 0.363 e. The molecule has 0 radical (unpaired) electrons. The van der Waals surface area contributed by atoms with E-state index in [2.05, 4.69) is 15.4 Å². The van der Waals surface area contributed by atoms with Crippen molar-refractivity contribution in [1.29, 1.82) is 0 Å². The minimum absolute atomic E-state index is 0.0273. The number of rotatable bonds is 4. The van der Waals surface area contributed by atoms with E-state index >= 15 is 0 Å². The fourth-order valence-electron chi connectivity index (χ4n) is 0.952. The smallest absolute Gasteiger partial charge is 0.292 e. The summed E-state index contributed by atoms with van der Waals surface area (Å²) in [4.78, 5) is 24.2. The second-order valence-electron chi connectivity index (χ2n) is 2.70. The molecule has 2 N–H and O–H groups in total. The molecule has 0 aliphatic heterocycles. The molecule has 1 heterocycles. The van der Waals surface area contributed by atoms with Crippen molar-refractivity contribution in [3.63, 3.8) is 0 Å². The molecule has 1 rings (SSSR count). The number of pyridine rings is 1. The SMILES string of the molecule is NC(=N[N+](=O)[O-])N(Cc1cccnc1)N=O. The molecule has 9 nitrogen and oxygen atoms in total. The molecule has 1 aromatic rings. The topological polar surface area (TPSA) is 127 Å². The van der Waals surface area contributed by atoms with E-state index in [1.165, 1.54) is 6.20 Å². The predicted molar refractivity (Wildman–Crippen MR) is 54.2 cm³/mol. The highest BCUT2D eigenvalue weighted by Gasteiger charge is 2.12. The third-order valence-corrected chi connectivity index (χ3v) is 1.60.